The molecule has 1 amide bonds. The van der Waals surface area contributed by atoms with Gasteiger partial charge in [-0.05, 0) is 42.5 Å². The lowest BCUT2D eigenvalue weighted by Gasteiger charge is -2.10. The SMILES string of the molecule is COc1ccc(C(=O)NC(=S)Nc2ccc([N+](=O)[O-])cc2)cc1Cl. The smallest absolute Gasteiger partial charge is 0.269 e. The van der Waals surface area contributed by atoms with E-state index in [9.17, 15) is 14.9 Å². The number of hydrogen-bond donors (Lipinski definition) is 2. The molecule has 0 spiro atoms. The number of nitrogens with one attached hydrogen (secondary N) is 2. The number of halogens is 1. The van der Waals surface area contributed by atoms with E-state index in [1.165, 1.54) is 37.4 Å². The summed E-state index contributed by atoms with van der Waals surface area (Å²) in [5, 5.41) is 16.2. The zero-order chi connectivity index (χ0) is 17.7. The molecule has 7 nitrogen and oxygen atoms in total. The average Bonchev–Trinajstić information content (AvgIpc) is 2.55. The van der Waals surface area contributed by atoms with Gasteiger partial charge in [0.05, 0.1) is 17.1 Å². The first kappa shape index (κ1) is 17.6. The highest BCUT2D eigenvalue weighted by atomic mass is 35.5. The van der Waals surface area contributed by atoms with Gasteiger partial charge in [0.1, 0.15) is 5.75 Å². The molecule has 0 aromatic heterocycles. The second kappa shape index (κ2) is 7.71. The van der Waals surface area contributed by atoms with E-state index in [4.69, 9.17) is 28.6 Å². The Labute approximate surface area is 147 Å². The summed E-state index contributed by atoms with van der Waals surface area (Å²) in [6.07, 6.45) is 0. The molecule has 0 fully saturated rings. The van der Waals surface area contributed by atoms with Gasteiger partial charge in [-0.15, -0.1) is 0 Å². The van der Waals surface area contributed by atoms with Crippen molar-refractivity contribution in [2.24, 2.45) is 0 Å². The normalized spacial score (nSPS) is 9.92. The van der Waals surface area contributed by atoms with Crippen LogP contribution in [-0.2, 0) is 0 Å². The molecule has 2 aromatic carbocycles. The maximum atomic E-state index is 12.1. The van der Waals surface area contributed by atoms with Crippen molar-refractivity contribution in [1.82, 2.24) is 5.32 Å². The Hall–Kier alpha value is -2.71. The van der Waals surface area contributed by atoms with E-state index < -0.39 is 10.8 Å². The summed E-state index contributed by atoms with van der Waals surface area (Å²) in [5.74, 6) is 0.0127. The molecule has 0 unspecified atom stereocenters. The Morgan fingerprint density at radius 1 is 1.25 bits per heavy atom. The highest BCUT2D eigenvalue weighted by molar-refractivity contribution is 7.80. The molecular weight excluding hydrogens is 354 g/mol. The Bertz CT molecular complexity index is 796. The van der Waals surface area contributed by atoms with E-state index >= 15 is 0 Å². The van der Waals surface area contributed by atoms with Gasteiger partial charge in [0.15, 0.2) is 5.11 Å². The zero-order valence-corrected chi connectivity index (χ0v) is 14.0. The molecule has 0 atom stereocenters. The van der Waals surface area contributed by atoms with Gasteiger partial charge in [0.2, 0.25) is 0 Å². The van der Waals surface area contributed by atoms with Gasteiger partial charge >= 0.3 is 0 Å². The van der Waals surface area contributed by atoms with E-state index in [2.05, 4.69) is 10.6 Å². The number of rotatable bonds is 4. The number of anilines is 1. The minimum atomic E-state index is -0.503. The summed E-state index contributed by atoms with van der Waals surface area (Å²) in [5.41, 5.74) is 0.788. The maximum Gasteiger partial charge on any atom is 0.269 e. The fraction of sp³-hybridized carbons (Fsp3) is 0.0667. The number of nitro groups is 1. The lowest BCUT2D eigenvalue weighted by Crippen LogP contribution is -2.34. The molecule has 0 heterocycles. The van der Waals surface area contributed by atoms with Crippen LogP contribution >= 0.6 is 23.8 Å². The summed E-state index contributed by atoms with van der Waals surface area (Å²) < 4.78 is 5.02. The minimum absolute atomic E-state index is 0.0385. The van der Waals surface area contributed by atoms with Crippen LogP contribution < -0.4 is 15.4 Å². The Morgan fingerprint density at radius 2 is 1.92 bits per heavy atom. The fourth-order valence-corrected chi connectivity index (χ4v) is 2.28. The molecule has 0 saturated carbocycles. The number of ether oxygens (including phenoxy) is 1. The van der Waals surface area contributed by atoms with Crippen molar-refractivity contribution in [2.45, 2.75) is 0 Å². The number of hydrogen-bond acceptors (Lipinski definition) is 5. The topological polar surface area (TPSA) is 93.5 Å². The van der Waals surface area contributed by atoms with Crippen molar-refractivity contribution >= 4 is 46.2 Å². The van der Waals surface area contributed by atoms with Crippen molar-refractivity contribution < 1.29 is 14.5 Å². The molecule has 2 aromatic rings. The van der Waals surface area contributed by atoms with Crippen LogP contribution in [0.2, 0.25) is 5.02 Å². The van der Waals surface area contributed by atoms with Crippen molar-refractivity contribution in [2.75, 3.05) is 12.4 Å². The number of nitrogens with zero attached hydrogens (tertiary/aromatic N) is 1. The molecule has 124 valence electrons. The first-order valence-corrected chi connectivity index (χ1v) is 7.39. The van der Waals surface area contributed by atoms with Gasteiger partial charge in [0.25, 0.3) is 11.6 Å². The standard InChI is InChI=1S/C15H12ClN3O4S/c1-23-13-7-2-9(8-12(13)16)14(20)18-15(24)17-10-3-5-11(6-4-10)19(21)22/h2-8H,1H3,(H2,17,18,20,24). The third-order valence-electron chi connectivity index (χ3n) is 2.98. The first-order valence-electron chi connectivity index (χ1n) is 6.61. The van der Waals surface area contributed by atoms with Gasteiger partial charge in [0, 0.05) is 23.4 Å². The molecule has 0 aliphatic carbocycles. The van der Waals surface area contributed by atoms with Crippen LogP contribution in [0.5, 0.6) is 5.75 Å². The van der Waals surface area contributed by atoms with Gasteiger partial charge in [-0.25, -0.2) is 0 Å². The van der Waals surface area contributed by atoms with Crippen molar-refractivity contribution in [3.05, 3.63) is 63.2 Å². The van der Waals surface area contributed by atoms with Gasteiger partial charge in [-0.3, -0.25) is 20.2 Å². The summed E-state index contributed by atoms with van der Waals surface area (Å²) in [6.45, 7) is 0. The Kier molecular flexibility index (Phi) is 5.67. The molecule has 9 heteroatoms. The maximum absolute atomic E-state index is 12.1. The predicted octanol–water partition coefficient (Wildman–Crippen LogP) is 3.38. The highest BCUT2D eigenvalue weighted by Gasteiger charge is 2.11. The second-order valence-corrected chi connectivity index (χ2v) is 5.38. The van der Waals surface area contributed by atoms with Crippen LogP contribution in [0.25, 0.3) is 0 Å². The average molecular weight is 366 g/mol. The van der Waals surface area contributed by atoms with Crippen LogP contribution in [0.4, 0.5) is 11.4 Å². The quantitative estimate of drug-likeness (QED) is 0.490. The van der Waals surface area contributed by atoms with E-state index in [1.54, 1.807) is 12.1 Å². The summed E-state index contributed by atoms with van der Waals surface area (Å²) in [6, 6.07) is 10.2. The summed E-state index contributed by atoms with van der Waals surface area (Å²) in [4.78, 5) is 22.2. The van der Waals surface area contributed by atoms with Gasteiger partial charge in [-0.2, -0.15) is 0 Å². The van der Waals surface area contributed by atoms with E-state index in [0.29, 0.717) is 22.0 Å². The highest BCUT2D eigenvalue weighted by Crippen LogP contribution is 2.24. The summed E-state index contributed by atoms with van der Waals surface area (Å²) in [7, 11) is 1.48. The Morgan fingerprint density at radius 3 is 2.46 bits per heavy atom. The molecule has 0 aliphatic heterocycles. The van der Waals surface area contributed by atoms with Crippen LogP contribution in [0.1, 0.15) is 10.4 Å². The lowest BCUT2D eigenvalue weighted by molar-refractivity contribution is -0.384. The molecule has 0 saturated heterocycles. The number of thiocarbonyl (C=S) groups is 1. The molecule has 0 bridgehead atoms. The van der Waals surface area contributed by atoms with Crippen LogP contribution in [0, 0.1) is 10.1 Å². The second-order valence-electron chi connectivity index (χ2n) is 4.56. The molecule has 24 heavy (non-hydrogen) atoms. The number of nitro benzene ring substituents is 1. The predicted molar refractivity (Wildman–Crippen MR) is 94.8 cm³/mol. The monoisotopic (exact) mass is 365 g/mol. The summed E-state index contributed by atoms with van der Waals surface area (Å²) >= 11 is 11.0. The van der Waals surface area contributed by atoms with Gasteiger partial charge < -0.3 is 10.1 Å². The van der Waals surface area contributed by atoms with Crippen molar-refractivity contribution in [3.8, 4) is 5.75 Å². The largest absolute Gasteiger partial charge is 0.495 e. The molecule has 2 rings (SSSR count). The fourth-order valence-electron chi connectivity index (χ4n) is 1.81. The number of carbonyl (C=O) groups is 1. The third kappa shape index (κ3) is 4.40. The first-order chi connectivity index (χ1) is 11.4. The molecular formula is C15H12ClN3O4S. The molecule has 0 radical (unpaired) electrons. The number of methoxy groups -OCH3 is 1. The number of benzene rings is 2. The van der Waals surface area contributed by atoms with Crippen LogP contribution in [0.15, 0.2) is 42.5 Å². The van der Waals surface area contributed by atoms with Crippen LogP contribution in [0.3, 0.4) is 0 Å². The minimum Gasteiger partial charge on any atom is -0.495 e. The molecule has 0 aliphatic rings. The van der Waals surface area contributed by atoms with Crippen molar-refractivity contribution in [1.29, 1.82) is 0 Å². The number of carbonyl (C=O) groups excluding carboxylic acids is 1. The number of amides is 1. The molecule has 2 N–H and O–H groups in total. The van der Waals surface area contributed by atoms with Gasteiger partial charge in [-0.1, -0.05) is 11.6 Å². The number of non-ortho nitro benzene ring substituents is 1. The lowest BCUT2D eigenvalue weighted by atomic mass is 10.2. The third-order valence-corrected chi connectivity index (χ3v) is 3.48. The van der Waals surface area contributed by atoms with Crippen LogP contribution in [-0.4, -0.2) is 23.1 Å². The van der Waals surface area contributed by atoms with E-state index in [1.807, 2.05) is 0 Å². The van der Waals surface area contributed by atoms with E-state index in [-0.39, 0.29) is 10.8 Å². The van der Waals surface area contributed by atoms with Crippen molar-refractivity contribution in [3.63, 3.8) is 0 Å². The zero-order valence-electron chi connectivity index (χ0n) is 12.4. The van der Waals surface area contributed by atoms with E-state index in [0.717, 1.165) is 0 Å². The Balaban J connectivity index is 2.00.